The molecular formula is C15H21ClO2. The van der Waals surface area contributed by atoms with Crippen LogP contribution in [0.25, 0.3) is 0 Å². The third kappa shape index (κ3) is 3.26. The molecule has 0 heterocycles. The van der Waals surface area contributed by atoms with Crippen molar-refractivity contribution in [2.24, 2.45) is 0 Å². The van der Waals surface area contributed by atoms with Crippen molar-refractivity contribution in [3.8, 4) is 5.75 Å². The average molecular weight is 269 g/mol. The lowest BCUT2D eigenvalue weighted by Crippen LogP contribution is -2.14. The number of ether oxygens (including phenoxy) is 1. The Hall–Kier alpha value is -1.02. The van der Waals surface area contributed by atoms with Crippen LogP contribution in [0.1, 0.15) is 51.2 Å². The Labute approximate surface area is 114 Å². The zero-order valence-electron chi connectivity index (χ0n) is 11.7. The van der Waals surface area contributed by atoms with Crippen molar-refractivity contribution >= 4 is 17.9 Å². The van der Waals surface area contributed by atoms with E-state index < -0.39 is 0 Å². The standard InChI is InChI=1S/C15H21ClO2/c1-10(6-7-17)12-8-11(16)9-13(14(12)18-5)15(2,3)4/h7-10H,6H2,1-5H3. The molecule has 0 fully saturated rings. The average Bonchev–Trinajstić information content (AvgIpc) is 2.27. The van der Waals surface area contributed by atoms with Crippen LogP contribution < -0.4 is 4.74 Å². The monoisotopic (exact) mass is 268 g/mol. The van der Waals surface area contributed by atoms with Crippen LogP contribution in [0.15, 0.2) is 12.1 Å². The van der Waals surface area contributed by atoms with E-state index in [4.69, 9.17) is 16.3 Å². The van der Waals surface area contributed by atoms with Crippen molar-refractivity contribution in [2.75, 3.05) is 7.11 Å². The van der Waals surface area contributed by atoms with E-state index in [1.165, 1.54) is 0 Å². The summed E-state index contributed by atoms with van der Waals surface area (Å²) in [6.07, 6.45) is 1.40. The maximum Gasteiger partial charge on any atom is 0.126 e. The van der Waals surface area contributed by atoms with Crippen molar-refractivity contribution in [3.63, 3.8) is 0 Å². The highest BCUT2D eigenvalue weighted by atomic mass is 35.5. The second kappa shape index (κ2) is 5.75. The van der Waals surface area contributed by atoms with Gasteiger partial charge < -0.3 is 9.53 Å². The molecule has 0 saturated heterocycles. The van der Waals surface area contributed by atoms with E-state index in [0.29, 0.717) is 11.4 Å². The second-order valence-electron chi connectivity index (χ2n) is 5.63. The smallest absolute Gasteiger partial charge is 0.126 e. The Kier molecular flexibility index (Phi) is 4.80. The van der Waals surface area contributed by atoms with Crippen LogP contribution in [0.5, 0.6) is 5.75 Å². The molecular weight excluding hydrogens is 248 g/mol. The molecule has 0 aromatic heterocycles. The van der Waals surface area contributed by atoms with Gasteiger partial charge in [-0.1, -0.05) is 39.3 Å². The molecule has 0 aliphatic carbocycles. The molecule has 0 amide bonds. The van der Waals surface area contributed by atoms with Crippen molar-refractivity contribution in [2.45, 2.75) is 45.4 Å². The van der Waals surface area contributed by atoms with Gasteiger partial charge in [0.15, 0.2) is 0 Å². The molecule has 2 nitrogen and oxygen atoms in total. The molecule has 0 N–H and O–H groups in total. The number of hydrogen-bond donors (Lipinski definition) is 0. The summed E-state index contributed by atoms with van der Waals surface area (Å²) in [5.41, 5.74) is 2.03. The largest absolute Gasteiger partial charge is 0.496 e. The van der Waals surface area contributed by atoms with Crippen LogP contribution in [-0.4, -0.2) is 13.4 Å². The minimum absolute atomic E-state index is 0.0497. The van der Waals surface area contributed by atoms with Gasteiger partial charge in [0.2, 0.25) is 0 Å². The molecule has 18 heavy (non-hydrogen) atoms. The van der Waals surface area contributed by atoms with Gasteiger partial charge in [0, 0.05) is 17.0 Å². The predicted octanol–water partition coefficient (Wildman–Crippen LogP) is 4.34. The molecule has 0 bridgehead atoms. The molecule has 0 spiro atoms. The summed E-state index contributed by atoms with van der Waals surface area (Å²) in [5.74, 6) is 0.957. The van der Waals surface area contributed by atoms with Crippen LogP contribution in [0.2, 0.25) is 5.02 Å². The summed E-state index contributed by atoms with van der Waals surface area (Å²) in [7, 11) is 1.66. The quantitative estimate of drug-likeness (QED) is 0.760. The first kappa shape index (κ1) is 15.0. The van der Waals surface area contributed by atoms with Gasteiger partial charge in [-0.25, -0.2) is 0 Å². The molecule has 1 aromatic carbocycles. The molecule has 100 valence electrons. The van der Waals surface area contributed by atoms with Gasteiger partial charge in [0.1, 0.15) is 12.0 Å². The fourth-order valence-electron chi connectivity index (χ4n) is 2.04. The van der Waals surface area contributed by atoms with E-state index in [1.54, 1.807) is 7.11 Å². The van der Waals surface area contributed by atoms with E-state index in [2.05, 4.69) is 20.8 Å². The van der Waals surface area contributed by atoms with Crippen molar-refractivity contribution in [3.05, 3.63) is 28.3 Å². The van der Waals surface area contributed by atoms with E-state index in [1.807, 2.05) is 19.1 Å². The van der Waals surface area contributed by atoms with E-state index >= 15 is 0 Å². The summed E-state index contributed by atoms with van der Waals surface area (Å²) in [5, 5.41) is 0.688. The minimum Gasteiger partial charge on any atom is -0.496 e. The summed E-state index contributed by atoms with van der Waals surface area (Å²) in [6, 6.07) is 3.83. The van der Waals surface area contributed by atoms with Crippen LogP contribution in [0, 0.1) is 0 Å². The summed E-state index contributed by atoms with van der Waals surface area (Å²) >= 11 is 6.19. The van der Waals surface area contributed by atoms with Crippen LogP contribution in [0.4, 0.5) is 0 Å². The molecule has 0 saturated carbocycles. The highest BCUT2D eigenvalue weighted by Crippen LogP contribution is 2.40. The SMILES string of the molecule is COc1c(C(C)CC=O)cc(Cl)cc1C(C)(C)C. The number of benzene rings is 1. The third-order valence-corrected chi connectivity index (χ3v) is 3.29. The second-order valence-corrected chi connectivity index (χ2v) is 6.07. The maximum absolute atomic E-state index is 10.7. The Balaban J connectivity index is 3.42. The van der Waals surface area contributed by atoms with Crippen LogP contribution in [-0.2, 0) is 10.2 Å². The normalized spacial score (nSPS) is 13.2. The fraction of sp³-hybridized carbons (Fsp3) is 0.533. The van der Waals surface area contributed by atoms with Crippen molar-refractivity contribution in [1.29, 1.82) is 0 Å². The highest BCUT2D eigenvalue weighted by molar-refractivity contribution is 6.30. The lowest BCUT2D eigenvalue weighted by Gasteiger charge is -2.26. The fourth-order valence-corrected chi connectivity index (χ4v) is 2.26. The van der Waals surface area contributed by atoms with Gasteiger partial charge in [-0.2, -0.15) is 0 Å². The van der Waals surface area contributed by atoms with Crippen molar-refractivity contribution < 1.29 is 9.53 Å². The number of methoxy groups -OCH3 is 1. The summed E-state index contributed by atoms with van der Waals surface area (Å²) in [6.45, 7) is 8.37. The van der Waals surface area contributed by atoms with E-state index in [-0.39, 0.29) is 11.3 Å². The molecule has 0 aliphatic rings. The Bertz CT molecular complexity index is 433. The maximum atomic E-state index is 10.7. The number of hydrogen-bond acceptors (Lipinski definition) is 2. The van der Waals surface area contributed by atoms with Gasteiger partial charge in [-0.15, -0.1) is 0 Å². The lowest BCUT2D eigenvalue weighted by molar-refractivity contribution is -0.108. The zero-order valence-corrected chi connectivity index (χ0v) is 12.5. The van der Waals surface area contributed by atoms with Crippen molar-refractivity contribution in [1.82, 2.24) is 0 Å². The predicted molar refractivity (Wildman–Crippen MR) is 75.8 cm³/mol. The first-order valence-corrected chi connectivity index (χ1v) is 6.50. The first-order chi connectivity index (χ1) is 8.31. The number of carbonyl (C=O) groups excluding carboxylic acids is 1. The molecule has 1 rings (SSSR count). The van der Waals surface area contributed by atoms with Gasteiger partial charge in [-0.05, 0) is 29.0 Å². The summed E-state index contributed by atoms with van der Waals surface area (Å²) < 4.78 is 5.55. The van der Waals surface area contributed by atoms with Gasteiger partial charge in [0.05, 0.1) is 7.11 Å². The van der Waals surface area contributed by atoms with Gasteiger partial charge >= 0.3 is 0 Å². The Morgan fingerprint density at radius 1 is 1.39 bits per heavy atom. The molecule has 1 atom stereocenters. The van der Waals surface area contributed by atoms with Gasteiger partial charge in [0.25, 0.3) is 0 Å². The number of carbonyl (C=O) groups is 1. The van der Waals surface area contributed by atoms with E-state index in [9.17, 15) is 4.79 Å². The number of halogens is 1. The number of rotatable bonds is 4. The van der Waals surface area contributed by atoms with Crippen LogP contribution >= 0.6 is 11.6 Å². The number of aldehydes is 1. The zero-order chi connectivity index (χ0) is 13.9. The molecule has 1 unspecified atom stereocenters. The van der Waals surface area contributed by atoms with E-state index in [0.717, 1.165) is 23.2 Å². The Morgan fingerprint density at radius 3 is 2.44 bits per heavy atom. The molecule has 0 radical (unpaired) electrons. The van der Waals surface area contributed by atoms with Crippen LogP contribution in [0.3, 0.4) is 0 Å². The first-order valence-electron chi connectivity index (χ1n) is 6.12. The molecule has 0 aliphatic heterocycles. The molecule has 3 heteroatoms. The highest BCUT2D eigenvalue weighted by Gasteiger charge is 2.24. The lowest BCUT2D eigenvalue weighted by atomic mass is 9.83. The topological polar surface area (TPSA) is 26.3 Å². The minimum atomic E-state index is -0.0497. The molecule has 1 aromatic rings. The third-order valence-electron chi connectivity index (χ3n) is 3.08. The van der Waals surface area contributed by atoms with Gasteiger partial charge in [-0.3, -0.25) is 0 Å². The summed E-state index contributed by atoms with van der Waals surface area (Å²) in [4.78, 5) is 10.7. The Morgan fingerprint density at radius 2 is 2.00 bits per heavy atom.